The van der Waals surface area contributed by atoms with Crippen molar-refractivity contribution in [3.05, 3.63) is 53.4 Å². The lowest BCUT2D eigenvalue weighted by Crippen LogP contribution is -2.49. The van der Waals surface area contributed by atoms with Gasteiger partial charge in [-0.1, -0.05) is 30.3 Å². The van der Waals surface area contributed by atoms with Gasteiger partial charge in [-0.3, -0.25) is 0 Å². The fourth-order valence-corrected chi connectivity index (χ4v) is 3.67. The summed E-state index contributed by atoms with van der Waals surface area (Å²) in [4.78, 5) is 25.9. The molecule has 8 heteroatoms. The summed E-state index contributed by atoms with van der Waals surface area (Å²) in [6.07, 6.45) is 3.32. The second-order valence-electron chi connectivity index (χ2n) is 7.04. The van der Waals surface area contributed by atoms with Gasteiger partial charge in [-0.15, -0.1) is 0 Å². The Labute approximate surface area is 168 Å². The Balaban J connectivity index is 1.42. The van der Waals surface area contributed by atoms with Gasteiger partial charge >= 0.3 is 6.09 Å². The van der Waals surface area contributed by atoms with Crippen molar-refractivity contribution in [2.24, 2.45) is 0 Å². The van der Waals surface area contributed by atoms with Gasteiger partial charge in [0.1, 0.15) is 18.1 Å². The number of hydrogen-bond donors (Lipinski definition) is 2. The van der Waals surface area contributed by atoms with Crippen molar-refractivity contribution < 1.29 is 9.53 Å². The number of nitrogens with one attached hydrogen (secondary N) is 2. The third kappa shape index (κ3) is 4.04. The van der Waals surface area contributed by atoms with E-state index in [0.717, 1.165) is 23.8 Å². The molecule has 7 nitrogen and oxygen atoms in total. The summed E-state index contributed by atoms with van der Waals surface area (Å²) in [5.74, 6) is 0.674. The largest absolute Gasteiger partial charge is 0.445 e. The number of amides is 1. The van der Waals surface area contributed by atoms with Crippen LogP contribution in [-0.2, 0) is 11.3 Å². The molecule has 1 saturated heterocycles. The van der Waals surface area contributed by atoms with Crippen LogP contribution in [0.2, 0.25) is 5.28 Å². The van der Waals surface area contributed by atoms with E-state index in [2.05, 4.69) is 20.3 Å². The van der Waals surface area contributed by atoms with Crippen LogP contribution in [0.1, 0.15) is 25.3 Å². The Bertz CT molecular complexity index is 962. The number of anilines is 1. The van der Waals surface area contributed by atoms with Crippen LogP contribution in [0.15, 0.2) is 42.6 Å². The molecule has 1 amide bonds. The average molecular weight is 400 g/mol. The van der Waals surface area contributed by atoms with E-state index in [1.54, 1.807) is 11.1 Å². The lowest BCUT2D eigenvalue weighted by molar-refractivity contribution is 0.0696. The molecule has 28 heavy (non-hydrogen) atoms. The van der Waals surface area contributed by atoms with Gasteiger partial charge in [0.2, 0.25) is 5.28 Å². The van der Waals surface area contributed by atoms with Crippen LogP contribution in [0.25, 0.3) is 11.0 Å². The summed E-state index contributed by atoms with van der Waals surface area (Å²) < 4.78 is 5.52. The average Bonchev–Trinajstić information content (AvgIpc) is 3.17. The lowest BCUT2D eigenvalue weighted by atomic mass is 10.00. The van der Waals surface area contributed by atoms with E-state index >= 15 is 0 Å². The molecule has 0 aliphatic carbocycles. The van der Waals surface area contributed by atoms with Gasteiger partial charge in [-0.2, -0.15) is 4.98 Å². The number of ether oxygens (including phenoxy) is 1. The third-order valence-electron chi connectivity index (χ3n) is 5.05. The predicted octanol–water partition coefficient (Wildman–Crippen LogP) is 4.21. The van der Waals surface area contributed by atoms with E-state index in [4.69, 9.17) is 16.3 Å². The van der Waals surface area contributed by atoms with E-state index in [9.17, 15) is 4.79 Å². The minimum absolute atomic E-state index is 0.0598. The zero-order valence-corrected chi connectivity index (χ0v) is 16.3. The minimum Gasteiger partial charge on any atom is -0.445 e. The molecule has 4 rings (SSSR count). The van der Waals surface area contributed by atoms with Crippen LogP contribution < -0.4 is 5.32 Å². The van der Waals surface area contributed by atoms with Gasteiger partial charge in [-0.25, -0.2) is 9.78 Å². The highest BCUT2D eigenvalue weighted by molar-refractivity contribution is 6.28. The maximum atomic E-state index is 12.6. The predicted molar refractivity (Wildman–Crippen MR) is 108 cm³/mol. The number of benzene rings is 1. The van der Waals surface area contributed by atoms with Gasteiger partial charge in [0.15, 0.2) is 0 Å². The third-order valence-corrected chi connectivity index (χ3v) is 5.22. The molecular formula is C20H22ClN5O2. The highest BCUT2D eigenvalue weighted by atomic mass is 35.5. The summed E-state index contributed by atoms with van der Waals surface area (Å²) in [5.41, 5.74) is 1.66. The SMILES string of the molecule is C[C@H]1CC[C@@H](Nc2nc(Cl)nc3[nH]ccc23)CN1C(=O)OCc1ccccc1. The maximum absolute atomic E-state index is 12.6. The summed E-state index contributed by atoms with van der Waals surface area (Å²) in [5, 5.41) is 4.48. The van der Waals surface area contributed by atoms with Crippen molar-refractivity contribution in [2.45, 2.75) is 38.5 Å². The first-order chi connectivity index (χ1) is 13.6. The zero-order chi connectivity index (χ0) is 19.5. The van der Waals surface area contributed by atoms with E-state index in [-0.39, 0.29) is 30.1 Å². The molecule has 2 aromatic heterocycles. The topological polar surface area (TPSA) is 83.1 Å². The van der Waals surface area contributed by atoms with Crippen LogP contribution in [0.5, 0.6) is 0 Å². The second kappa shape index (κ2) is 8.06. The summed E-state index contributed by atoms with van der Waals surface area (Å²) in [7, 11) is 0. The molecular weight excluding hydrogens is 378 g/mol. The number of nitrogens with zero attached hydrogens (tertiary/aromatic N) is 3. The van der Waals surface area contributed by atoms with Crippen LogP contribution in [0.3, 0.4) is 0 Å². The molecule has 0 spiro atoms. The standard InChI is InChI=1S/C20H22ClN5O2/c1-13-7-8-15(23-18-16-9-10-22-17(16)24-19(21)25-18)11-26(13)20(27)28-12-14-5-3-2-4-6-14/h2-6,9-10,13,15H,7-8,11-12H2,1H3,(H2,22,23,24,25)/t13-,15+/m0/s1. The molecule has 1 aliphatic rings. The van der Waals surface area contributed by atoms with Crippen molar-refractivity contribution in [2.75, 3.05) is 11.9 Å². The molecule has 1 aromatic carbocycles. The summed E-state index contributed by atoms with van der Waals surface area (Å²) in [6.45, 7) is 2.86. The fraction of sp³-hybridized carbons (Fsp3) is 0.350. The van der Waals surface area contributed by atoms with Crippen LogP contribution in [0, 0.1) is 0 Å². The quantitative estimate of drug-likeness (QED) is 0.642. The van der Waals surface area contributed by atoms with Crippen LogP contribution in [0.4, 0.5) is 10.6 Å². The van der Waals surface area contributed by atoms with E-state index in [1.165, 1.54) is 0 Å². The number of piperidine rings is 1. The lowest BCUT2D eigenvalue weighted by Gasteiger charge is -2.37. The Morgan fingerprint density at radius 1 is 1.29 bits per heavy atom. The van der Waals surface area contributed by atoms with Crippen molar-refractivity contribution in [1.82, 2.24) is 19.9 Å². The van der Waals surface area contributed by atoms with Crippen LogP contribution in [-0.4, -0.2) is 44.6 Å². The first-order valence-electron chi connectivity index (χ1n) is 9.34. The second-order valence-corrected chi connectivity index (χ2v) is 7.38. The summed E-state index contributed by atoms with van der Waals surface area (Å²) in [6, 6.07) is 11.8. The molecule has 0 saturated carbocycles. The van der Waals surface area contributed by atoms with Crippen LogP contribution >= 0.6 is 11.6 Å². The smallest absolute Gasteiger partial charge is 0.410 e. The van der Waals surface area contributed by atoms with Gasteiger partial charge in [0.05, 0.1) is 5.39 Å². The number of carbonyl (C=O) groups excluding carboxylic acids is 1. The number of likely N-dealkylation sites (tertiary alicyclic amines) is 1. The van der Waals surface area contributed by atoms with E-state index in [0.29, 0.717) is 18.0 Å². The van der Waals surface area contributed by atoms with E-state index < -0.39 is 0 Å². The van der Waals surface area contributed by atoms with Crippen molar-refractivity contribution in [3.8, 4) is 0 Å². The number of aromatic amines is 1. The van der Waals surface area contributed by atoms with E-state index in [1.807, 2.05) is 43.3 Å². The van der Waals surface area contributed by atoms with Gasteiger partial charge in [0.25, 0.3) is 0 Å². The number of aromatic nitrogens is 3. The number of fused-ring (bicyclic) bond motifs is 1. The number of halogens is 1. The summed E-state index contributed by atoms with van der Waals surface area (Å²) >= 11 is 6.03. The molecule has 0 unspecified atom stereocenters. The number of rotatable bonds is 4. The number of carbonyl (C=O) groups is 1. The Morgan fingerprint density at radius 2 is 2.11 bits per heavy atom. The molecule has 1 fully saturated rings. The molecule has 0 radical (unpaired) electrons. The normalized spacial score (nSPS) is 19.6. The zero-order valence-electron chi connectivity index (χ0n) is 15.6. The van der Waals surface area contributed by atoms with Gasteiger partial charge in [0, 0.05) is 24.8 Å². The van der Waals surface area contributed by atoms with Crippen molar-refractivity contribution in [3.63, 3.8) is 0 Å². The minimum atomic E-state index is -0.296. The molecule has 2 N–H and O–H groups in total. The first-order valence-corrected chi connectivity index (χ1v) is 9.72. The molecule has 3 aromatic rings. The Hall–Kier alpha value is -2.80. The van der Waals surface area contributed by atoms with Crippen molar-refractivity contribution >= 4 is 34.5 Å². The highest BCUT2D eigenvalue weighted by Gasteiger charge is 2.30. The molecule has 2 atom stereocenters. The molecule has 0 bridgehead atoms. The number of hydrogen-bond acceptors (Lipinski definition) is 5. The highest BCUT2D eigenvalue weighted by Crippen LogP contribution is 2.25. The molecule has 3 heterocycles. The van der Waals surface area contributed by atoms with Crippen molar-refractivity contribution in [1.29, 1.82) is 0 Å². The van der Waals surface area contributed by atoms with Gasteiger partial charge in [-0.05, 0) is 43.0 Å². The monoisotopic (exact) mass is 399 g/mol. The molecule has 1 aliphatic heterocycles. The Kier molecular flexibility index (Phi) is 5.34. The fourth-order valence-electron chi connectivity index (χ4n) is 3.50. The first kappa shape index (κ1) is 18.6. The Morgan fingerprint density at radius 3 is 2.93 bits per heavy atom. The maximum Gasteiger partial charge on any atom is 0.410 e. The molecule has 146 valence electrons. The van der Waals surface area contributed by atoms with Gasteiger partial charge < -0.3 is 19.9 Å². The number of H-pyrrole nitrogens is 1.